The summed E-state index contributed by atoms with van der Waals surface area (Å²) in [6.07, 6.45) is 3.35. The number of ketones is 1. The summed E-state index contributed by atoms with van der Waals surface area (Å²) in [5.41, 5.74) is -0.620. The van der Waals surface area contributed by atoms with E-state index in [1.54, 1.807) is 0 Å². The molecule has 12 heavy (non-hydrogen) atoms. The Morgan fingerprint density at radius 1 is 1.42 bits per heavy atom. The topological polar surface area (TPSA) is 46.5 Å². The van der Waals surface area contributed by atoms with Crippen molar-refractivity contribution >= 4 is 5.78 Å². The highest BCUT2D eigenvalue weighted by atomic mass is 16.6. The number of ether oxygens (including phenoxy) is 1. The van der Waals surface area contributed by atoms with Crippen LogP contribution >= 0.6 is 0 Å². The molecule has 0 bridgehead atoms. The van der Waals surface area contributed by atoms with Gasteiger partial charge in [-0.3, -0.25) is 4.79 Å². The zero-order chi connectivity index (χ0) is 8.82. The molecular weight excluding hydrogens is 156 g/mol. The first-order valence-corrected chi connectivity index (χ1v) is 4.48. The van der Waals surface area contributed by atoms with Gasteiger partial charge in [0.25, 0.3) is 0 Å². The molecule has 1 saturated heterocycles. The van der Waals surface area contributed by atoms with Crippen molar-refractivity contribution in [2.45, 2.75) is 38.4 Å². The van der Waals surface area contributed by atoms with Gasteiger partial charge in [0.2, 0.25) is 0 Å². The highest BCUT2D eigenvalue weighted by Gasteiger charge is 2.58. The number of carbonyl (C=O) groups is 1. The van der Waals surface area contributed by atoms with Gasteiger partial charge in [0.1, 0.15) is 6.61 Å². The van der Waals surface area contributed by atoms with E-state index in [0.717, 1.165) is 19.3 Å². The third-order valence-corrected chi connectivity index (χ3v) is 3.36. The van der Waals surface area contributed by atoms with Crippen molar-refractivity contribution in [3.8, 4) is 0 Å². The summed E-state index contributed by atoms with van der Waals surface area (Å²) in [5, 5.41) is 10.00. The van der Waals surface area contributed by atoms with E-state index in [0.29, 0.717) is 6.42 Å². The maximum absolute atomic E-state index is 11.5. The summed E-state index contributed by atoms with van der Waals surface area (Å²) in [7, 11) is 0. The monoisotopic (exact) mass is 170 g/mol. The minimum atomic E-state index is -1.15. The van der Waals surface area contributed by atoms with Gasteiger partial charge >= 0.3 is 0 Å². The van der Waals surface area contributed by atoms with E-state index < -0.39 is 11.2 Å². The number of rotatable bonds is 0. The maximum atomic E-state index is 11.5. The van der Waals surface area contributed by atoms with Gasteiger partial charge in [-0.25, -0.2) is 0 Å². The van der Waals surface area contributed by atoms with Crippen LogP contribution in [-0.4, -0.2) is 23.3 Å². The van der Waals surface area contributed by atoms with Gasteiger partial charge in [0, 0.05) is 6.42 Å². The molecule has 0 amide bonds. The third kappa shape index (κ3) is 0.808. The Morgan fingerprint density at radius 3 is 2.75 bits per heavy atom. The van der Waals surface area contributed by atoms with Crippen LogP contribution in [0.4, 0.5) is 0 Å². The van der Waals surface area contributed by atoms with Gasteiger partial charge in [0.05, 0.1) is 5.41 Å². The van der Waals surface area contributed by atoms with Crippen molar-refractivity contribution in [1.29, 1.82) is 0 Å². The van der Waals surface area contributed by atoms with Crippen LogP contribution in [0.3, 0.4) is 0 Å². The number of Topliss-reactive ketones (excluding diaryl/α,β-unsaturated/α-hetero) is 1. The van der Waals surface area contributed by atoms with Crippen LogP contribution in [0, 0.1) is 5.41 Å². The van der Waals surface area contributed by atoms with Crippen LogP contribution < -0.4 is 0 Å². The predicted molar refractivity (Wildman–Crippen MR) is 42.5 cm³/mol. The van der Waals surface area contributed by atoms with E-state index in [-0.39, 0.29) is 12.4 Å². The zero-order valence-electron chi connectivity index (χ0n) is 7.30. The van der Waals surface area contributed by atoms with Crippen molar-refractivity contribution in [3.63, 3.8) is 0 Å². The van der Waals surface area contributed by atoms with Gasteiger partial charge in [0.15, 0.2) is 11.6 Å². The van der Waals surface area contributed by atoms with Crippen LogP contribution in [0.15, 0.2) is 0 Å². The van der Waals surface area contributed by atoms with Gasteiger partial charge < -0.3 is 9.84 Å². The molecule has 2 aliphatic rings. The van der Waals surface area contributed by atoms with E-state index in [4.69, 9.17) is 4.74 Å². The van der Waals surface area contributed by atoms with Crippen LogP contribution in [0.1, 0.15) is 32.6 Å². The average Bonchev–Trinajstić information content (AvgIpc) is 2.28. The molecule has 0 aromatic rings. The minimum absolute atomic E-state index is 0.0599. The first-order chi connectivity index (χ1) is 5.58. The van der Waals surface area contributed by atoms with Crippen molar-refractivity contribution in [1.82, 2.24) is 0 Å². The molecule has 3 nitrogen and oxygen atoms in total. The second-order valence-electron chi connectivity index (χ2n) is 4.04. The fourth-order valence-electron chi connectivity index (χ4n) is 2.25. The van der Waals surface area contributed by atoms with Gasteiger partial charge in [-0.2, -0.15) is 0 Å². The van der Waals surface area contributed by atoms with Crippen molar-refractivity contribution in [2.75, 3.05) is 6.61 Å². The van der Waals surface area contributed by atoms with Crippen molar-refractivity contribution in [2.24, 2.45) is 5.41 Å². The summed E-state index contributed by atoms with van der Waals surface area (Å²) in [4.78, 5) is 11.5. The lowest BCUT2D eigenvalue weighted by Gasteiger charge is -2.40. The molecular formula is C9H14O3. The number of fused-ring (bicyclic) bond motifs is 1. The van der Waals surface area contributed by atoms with Crippen LogP contribution in [0.5, 0.6) is 0 Å². The van der Waals surface area contributed by atoms with E-state index in [2.05, 4.69) is 0 Å². The van der Waals surface area contributed by atoms with Crippen molar-refractivity contribution in [3.05, 3.63) is 0 Å². The lowest BCUT2D eigenvalue weighted by Crippen LogP contribution is -2.48. The highest BCUT2D eigenvalue weighted by Crippen LogP contribution is 2.49. The minimum Gasteiger partial charge on any atom is -0.365 e. The molecule has 0 aromatic carbocycles. The van der Waals surface area contributed by atoms with Crippen LogP contribution in [0.2, 0.25) is 0 Å². The number of aliphatic hydroxyl groups is 1. The molecule has 0 aromatic heterocycles. The Bertz CT molecular complexity index is 226. The van der Waals surface area contributed by atoms with Gasteiger partial charge in [-0.1, -0.05) is 6.42 Å². The van der Waals surface area contributed by atoms with E-state index >= 15 is 0 Å². The molecule has 0 spiro atoms. The molecule has 3 heteroatoms. The predicted octanol–water partition coefficient (Wildman–Crippen LogP) is 0.855. The molecule has 1 aliphatic carbocycles. The van der Waals surface area contributed by atoms with Gasteiger partial charge in [-0.05, 0) is 19.8 Å². The smallest absolute Gasteiger partial charge is 0.178 e. The fraction of sp³-hybridized carbons (Fsp3) is 0.889. The normalized spacial score (nSPS) is 47.7. The number of hydrogen-bond donors (Lipinski definition) is 1. The Morgan fingerprint density at radius 2 is 2.08 bits per heavy atom. The third-order valence-electron chi connectivity index (χ3n) is 3.36. The molecule has 2 rings (SSSR count). The molecule has 2 fully saturated rings. The Labute approximate surface area is 71.7 Å². The Balaban J connectivity index is 2.35. The zero-order valence-corrected chi connectivity index (χ0v) is 7.30. The molecule has 2 atom stereocenters. The first kappa shape index (κ1) is 8.20. The Kier molecular flexibility index (Phi) is 1.57. The first-order valence-electron chi connectivity index (χ1n) is 4.48. The highest BCUT2D eigenvalue weighted by molar-refractivity contribution is 5.88. The summed E-state index contributed by atoms with van der Waals surface area (Å²) < 4.78 is 5.17. The maximum Gasteiger partial charge on any atom is 0.178 e. The molecule has 1 N–H and O–H groups in total. The molecule has 68 valence electrons. The fourth-order valence-corrected chi connectivity index (χ4v) is 2.25. The lowest BCUT2D eigenvalue weighted by molar-refractivity contribution is -0.237. The van der Waals surface area contributed by atoms with E-state index in [1.165, 1.54) is 0 Å². The number of carbonyl (C=O) groups excluding carboxylic acids is 1. The van der Waals surface area contributed by atoms with E-state index in [1.807, 2.05) is 6.92 Å². The lowest BCUT2D eigenvalue weighted by atomic mass is 9.70. The van der Waals surface area contributed by atoms with Crippen LogP contribution in [0.25, 0.3) is 0 Å². The molecule has 0 radical (unpaired) electrons. The SMILES string of the molecule is C[C@]12CCCC[C@@]1(O)OCC2=O. The number of hydrogen-bond acceptors (Lipinski definition) is 3. The summed E-state index contributed by atoms with van der Waals surface area (Å²) in [6, 6.07) is 0. The summed E-state index contributed by atoms with van der Waals surface area (Å²) in [5.74, 6) is -1.09. The van der Waals surface area contributed by atoms with Crippen molar-refractivity contribution < 1.29 is 14.6 Å². The summed E-state index contributed by atoms with van der Waals surface area (Å²) >= 11 is 0. The molecule has 1 heterocycles. The standard InChI is InChI=1S/C9H14O3/c1-8-4-2-3-5-9(8,11)12-6-7(8)10/h11H,2-6H2,1H3/t8-,9-/m1/s1. The summed E-state index contributed by atoms with van der Waals surface area (Å²) in [6.45, 7) is 1.91. The molecule has 1 saturated carbocycles. The molecule has 1 aliphatic heterocycles. The van der Waals surface area contributed by atoms with E-state index in [9.17, 15) is 9.90 Å². The van der Waals surface area contributed by atoms with Crippen LogP contribution in [-0.2, 0) is 9.53 Å². The Hall–Kier alpha value is -0.410. The second-order valence-corrected chi connectivity index (χ2v) is 4.04. The van der Waals surface area contributed by atoms with Gasteiger partial charge in [-0.15, -0.1) is 0 Å². The quantitative estimate of drug-likeness (QED) is 0.586. The second kappa shape index (κ2) is 2.30. The largest absolute Gasteiger partial charge is 0.365 e. The molecule has 0 unspecified atom stereocenters. The average molecular weight is 170 g/mol.